The van der Waals surface area contributed by atoms with Crippen LogP contribution in [-0.2, 0) is 19.7 Å². The van der Waals surface area contributed by atoms with Gasteiger partial charge in [0, 0.05) is 5.41 Å². The summed E-state index contributed by atoms with van der Waals surface area (Å²) in [5.41, 5.74) is 3.37. The van der Waals surface area contributed by atoms with Crippen molar-refractivity contribution in [2.45, 2.75) is 26.2 Å². The summed E-state index contributed by atoms with van der Waals surface area (Å²) in [7, 11) is 0. The molecule has 1 rings (SSSR count). The largest absolute Gasteiger partial charge is 0.569 e. The lowest BCUT2D eigenvalue weighted by atomic mass is 9.85. The minimum atomic E-state index is -0.881. The minimum absolute atomic E-state index is 0.180. The Hall–Kier alpha value is -2.51. The average molecular weight is 311 g/mol. The van der Waals surface area contributed by atoms with Gasteiger partial charge in [0.15, 0.2) is 0 Å². The molecule has 122 valence electrons. The van der Waals surface area contributed by atoms with Gasteiger partial charge in [-0.1, -0.05) is 44.2 Å². The second-order valence-electron chi connectivity index (χ2n) is 5.01. The van der Waals surface area contributed by atoms with Crippen molar-refractivity contribution in [1.29, 1.82) is 0 Å². The summed E-state index contributed by atoms with van der Waals surface area (Å²) >= 11 is 0. The molecule has 0 heterocycles. The Labute approximate surface area is 129 Å². The van der Waals surface area contributed by atoms with Gasteiger partial charge in [-0.25, -0.2) is 4.79 Å². The molecular weight excluding hydrogens is 290 g/mol. The number of hydrogen-bond donors (Lipinski definition) is 1. The Morgan fingerprint density at radius 2 is 2.00 bits per heavy atom. The van der Waals surface area contributed by atoms with E-state index < -0.39 is 12.9 Å². The molecule has 0 aliphatic carbocycles. The van der Waals surface area contributed by atoms with E-state index in [0.29, 0.717) is 6.54 Å². The highest BCUT2D eigenvalue weighted by molar-refractivity contribution is 5.59. The van der Waals surface area contributed by atoms with Crippen molar-refractivity contribution in [3.8, 4) is 0 Å². The molecule has 0 aliphatic heterocycles. The fourth-order valence-electron chi connectivity index (χ4n) is 1.60. The maximum Gasteiger partial charge on any atom is 0.511 e. The van der Waals surface area contributed by atoms with Gasteiger partial charge in [-0.05, 0) is 12.5 Å². The van der Waals surface area contributed by atoms with Crippen molar-refractivity contribution < 1.29 is 24.1 Å². The van der Waals surface area contributed by atoms with Crippen LogP contribution >= 0.6 is 0 Å². The molecule has 0 aliphatic rings. The van der Waals surface area contributed by atoms with Crippen LogP contribution in [0.2, 0.25) is 0 Å². The Morgan fingerprint density at radius 3 is 2.64 bits per heavy atom. The number of carbonyl (C=O) groups is 1. The highest BCUT2D eigenvalue weighted by atomic mass is 16.8. The fraction of sp³-hybridized carbons (Fsp3) is 0.500. The molecule has 22 heavy (non-hydrogen) atoms. The van der Waals surface area contributed by atoms with Gasteiger partial charge in [-0.3, -0.25) is 0 Å². The molecule has 1 N–H and O–H groups in total. The summed E-state index contributed by atoms with van der Waals surface area (Å²) in [4.78, 5) is 15.5. The van der Waals surface area contributed by atoms with Gasteiger partial charge in [0.25, 0.3) is 6.79 Å². The Bertz CT molecular complexity index is 491. The van der Waals surface area contributed by atoms with Crippen LogP contribution in [0.5, 0.6) is 0 Å². The zero-order chi connectivity index (χ0) is 16.4. The molecule has 8 heteroatoms. The second kappa shape index (κ2) is 8.71. The molecule has 0 spiro atoms. The van der Waals surface area contributed by atoms with Crippen LogP contribution in [0.25, 0.3) is 0 Å². The van der Waals surface area contributed by atoms with Gasteiger partial charge >= 0.3 is 6.16 Å². The van der Waals surface area contributed by atoms with Crippen molar-refractivity contribution in [3.05, 3.63) is 41.1 Å². The number of carbonyl (C=O) groups excluding carboxylic acids is 1. The number of rotatable bonds is 8. The van der Waals surface area contributed by atoms with Crippen LogP contribution in [-0.4, -0.2) is 31.1 Å². The topological polar surface area (TPSA) is 95.2 Å². The van der Waals surface area contributed by atoms with E-state index >= 15 is 0 Å². The summed E-state index contributed by atoms with van der Waals surface area (Å²) < 4.78 is 8.98. The van der Waals surface area contributed by atoms with Gasteiger partial charge in [0.05, 0.1) is 18.1 Å². The van der Waals surface area contributed by atoms with Crippen LogP contribution in [0, 0.1) is 5.21 Å². The number of ether oxygens (including phenoxy) is 2. The van der Waals surface area contributed by atoms with E-state index in [1.807, 2.05) is 44.2 Å². The lowest BCUT2D eigenvalue weighted by Crippen LogP contribution is -2.36. The summed E-state index contributed by atoms with van der Waals surface area (Å²) in [6, 6.07) is 9.77. The quantitative estimate of drug-likeness (QED) is 0.198. The van der Waals surface area contributed by atoms with E-state index in [0.717, 1.165) is 5.56 Å². The Balaban J connectivity index is 2.34. The summed E-state index contributed by atoms with van der Waals surface area (Å²) in [5, 5.41) is 14.6. The summed E-state index contributed by atoms with van der Waals surface area (Å²) in [6.07, 6.45) is -0.881. The zero-order valence-corrected chi connectivity index (χ0v) is 12.9. The average Bonchev–Trinajstić information content (AvgIpc) is 2.51. The van der Waals surface area contributed by atoms with E-state index in [9.17, 15) is 10.0 Å². The smallest absolute Gasteiger partial charge is 0.511 e. The van der Waals surface area contributed by atoms with Crippen LogP contribution < -0.4 is 5.43 Å². The molecular formula is C14H21N3O5. The normalized spacial score (nSPS) is 11.7. The van der Waals surface area contributed by atoms with Crippen LogP contribution in [0.3, 0.4) is 0 Å². The van der Waals surface area contributed by atoms with Crippen LogP contribution in [0.15, 0.2) is 35.6 Å². The van der Waals surface area contributed by atoms with E-state index in [2.05, 4.69) is 25.0 Å². The molecule has 0 radical (unpaired) electrons. The third-order valence-corrected chi connectivity index (χ3v) is 2.84. The van der Waals surface area contributed by atoms with E-state index in [1.165, 1.54) is 0 Å². The molecule has 0 aromatic heterocycles. The number of benzene rings is 1. The molecule has 0 saturated heterocycles. The number of nitrogens with one attached hydrogen (secondary N) is 1. The first kappa shape index (κ1) is 17.5. The molecule has 8 nitrogen and oxygen atoms in total. The minimum Gasteiger partial charge on any atom is -0.569 e. The molecule has 0 atom stereocenters. The molecule has 0 saturated carbocycles. The number of nitrogens with zero attached hydrogens (tertiary/aromatic N) is 2. The predicted octanol–water partition coefficient (Wildman–Crippen LogP) is 2.49. The summed E-state index contributed by atoms with van der Waals surface area (Å²) in [6.45, 7) is 5.68. The lowest BCUT2D eigenvalue weighted by molar-refractivity contribution is -0.616. The molecule has 0 amide bonds. The standard InChI is InChI=1S/C14H21N3O5/c1-4-20-13(18)21-11-22-16-17(19)15-10-14(2,3)12-8-6-5-7-9-12/h5-9H,4,10-11H2,1-3H3,(H,15,16). The third kappa shape index (κ3) is 6.29. The monoisotopic (exact) mass is 311 g/mol. The Kier molecular flexibility index (Phi) is 6.94. The van der Waals surface area contributed by atoms with Crippen molar-refractivity contribution in [2.24, 2.45) is 5.28 Å². The van der Waals surface area contributed by atoms with Gasteiger partial charge in [0.2, 0.25) is 5.28 Å². The van der Waals surface area contributed by atoms with Gasteiger partial charge in [0.1, 0.15) is 0 Å². The summed E-state index contributed by atoms with van der Waals surface area (Å²) in [5.74, 6) is 0. The van der Waals surface area contributed by atoms with Crippen LogP contribution in [0.1, 0.15) is 26.3 Å². The Morgan fingerprint density at radius 1 is 1.32 bits per heavy atom. The van der Waals surface area contributed by atoms with Crippen LogP contribution in [0.4, 0.5) is 4.79 Å². The van der Waals surface area contributed by atoms with Gasteiger partial charge < -0.3 is 19.5 Å². The highest BCUT2D eigenvalue weighted by Gasteiger charge is 2.21. The van der Waals surface area contributed by atoms with Crippen molar-refractivity contribution in [2.75, 3.05) is 19.9 Å². The van der Waals surface area contributed by atoms with Gasteiger partial charge in [-0.2, -0.15) is 5.43 Å². The number of hydrazine groups is 1. The van der Waals surface area contributed by atoms with E-state index in [4.69, 9.17) is 0 Å². The zero-order valence-electron chi connectivity index (χ0n) is 12.9. The van der Waals surface area contributed by atoms with E-state index in [-0.39, 0.29) is 17.0 Å². The maximum absolute atomic E-state index is 11.4. The van der Waals surface area contributed by atoms with Crippen molar-refractivity contribution in [1.82, 2.24) is 5.43 Å². The van der Waals surface area contributed by atoms with Crippen molar-refractivity contribution >= 4 is 6.16 Å². The maximum atomic E-state index is 11.4. The first-order valence-corrected chi connectivity index (χ1v) is 6.84. The SMILES string of the molecule is CCOC(=O)OCON=[N+]([O-])NCC(C)(C)c1ccccc1. The highest BCUT2D eigenvalue weighted by Crippen LogP contribution is 2.21. The molecule has 1 aromatic rings. The first-order valence-electron chi connectivity index (χ1n) is 6.84. The molecule has 0 fully saturated rings. The fourth-order valence-corrected chi connectivity index (χ4v) is 1.60. The first-order chi connectivity index (χ1) is 10.5. The molecule has 1 aromatic carbocycles. The van der Waals surface area contributed by atoms with Crippen molar-refractivity contribution in [3.63, 3.8) is 0 Å². The number of hydrogen-bond acceptors (Lipinski definition) is 6. The third-order valence-electron chi connectivity index (χ3n) is 2.84. The molecule has 0 unspecified atom stereocenters. The molecule has 0 bridgehead atoms. The van der Waals surface area contributed by atoms with E-state index in [1.54, 1.807) is 6.92 Å². The lowest BCUT2D eigenvalue weighted by Gasteiger charge is -2.23. The van der Waals surface area contributed by atoms with Gasteiger partial charge in [-0.15, -0.1) is 0 Å². The predicted molar refractivity (Wildman–Crippen MR) is 77.6 cm³/mol. The second-order valence-corrected chi connectivity index (χ2v) is 5.01.